The molecule has 1 N–H and O–H groups in total. The molecule has 30 heavy (non-hydrogen) atoms. The maximum absolute atomic E-state index is 13.0. The van der Waals surface area contributed by atoms with Crippen LogP contribution in [0.5, 0.6) is 0 Å². The fourth-order valence-corrected chi connectivity index (χ4v) is 4.41. The predicted octanol–water partition coefficient (Wildman–Crippen LogP) is 4.01. The van der Waals surface area contributed by atoms with Gasteiger partial charge in [-0.15, -0.1) is 0 Å². The number of benzene rings is 2. The number of carbonyl (C=O) groups excluding carboxylic acids is 1. The minimum atomic E-state index is 0.0743. The number of nitrogens with zero attached hydrogens (tertiary/aromatic N) is 3. The summed E-state index contributed by atoms with van der Waals surface area (Å²) in [6.45, 7) is 2.68. The zero-order valence-corrected chi connectivity index (χ0v) is 18.2. The zero-order chi connectivity index (χ0) is 20.5. The highest BCUT2D eigenvalue weighted by Crippen LogP contribution is 2.38. The molecule has 0 spiro atoms. The number of carbonyl (C=O) groups is 1. The number of fused-ring (bicyclic) bond motifs is 3. The minimum Gasteiger partial charge on any atom is -0.378 e. The fourth-order valence-electron chi connectivity index (χ4n) is 4.15. The number of ether oxygens (including phenoxy) is 1. The number of amides is 1. The first kappa shape index (κ1) is 19.3. The first-order valence-electron chi connectivity index (χ1n) is 10.2. The van der Waals surface area contributed by atoms with E-state index in [1.807, 2.05) is 39.9 Å². The van der Waals surface area contributed by atoms with Crippen LogP contribution in [0.3, 0.4) is 0 Å². The van der Waals surface area contributed by atoms with Crippen LogP contribution >= 0.6 is 15.9 Å². The summed E-state index contributed by atoms with van der Waals surface area (Å²) in [6.07, 6.45) is 1.87. The molecule has 6 nitrogen and oxygen atoms in total. The van der Waals surface area contributed by atoms with Crippen molar-refractivity contribution in [2.45, 2.75) is 19.4 Å². The van der Waals surface area contributed by atoms with Crippen LogP contribution in [0.1, 0.15) is 11.1 Å². The standard InChI is InChI=1S/C23H23BrN4O2/c24-17-6-8-18(9-7-17)25-23-20-10-5-16-3-1-2-4-19(16)22(20)26-28(23)15-21(29)27-11-13-30-14-12-27/h1-4,6-9,25H,5,10-15H2. The molecule has 5 rings (SSSR count). The van der Waals surface area contributed by atoms with Crippen LogP contribution in [0.25, 0.3) is 11.3 Å². The van der Waals surface area contributed by atoms with E-state index >= 15 is 0 Å². The van der Waals surface area contributed by atoms with E-state index < -0.39 is 0 Å². The molecular weight excluding hydrogens is 444 g/mol. The molecule has 2 aromatic carbocycles. The average Bonchev–Trinajstić information content (AvgIpc) is 3.13. The number of aryl methyl sites for hydroxylation is 1. The average molecular weight is 467 g/mol. The molecule has 7 heteroatoms. The number of morpholine rings is 1. The van der Waals surface area contributed by atoms with Crippen LogP contribution < -0.4 is 5.32 Å². The molecule has 2 aliphatic rings. The molecule has 1 amide bonds. The lowest BCUT2D eigenvalue weighted by atomic mass is 9.90. The Morgan fingerprint density at radius 2 is 1.83 bits per heavy atom. The van der Waals surface area contributed by atoms with Crippen LogP contribution in [0.2, 0.25) is 0 Å². The van der Waals surface area contributed by atoms with Gasteiger partial charge >= 0.3 is 0 Å². The van der Waals surface area contributed by atoms with Gasteiger partial charge in [0.15, 0.2) is 0 Å². The maximum Gasteiger partial charge on any atom is 0.244 e. The van der Waals surface area contributed by atoms with Gasteiger partial charge in [-0.05, 0) is 42.7 Å². The lowest BCUT2D eigenvalue weighted by Crippen LogP contribution is -2.42. The van der Waals surface area contributed by atoms with Crippen molar-refractivity contribution in [1.82, 2.24) is 14.7 Å². The Labute approximate surface area is 184 Å². The van der Waals surface area contributed by atoms with Crippen LogP contribution in [0.4, 0.5) is 11.5 Å². The first-order chi connectivity index (χ1) is 14.7. The van der Waals surface area contributed by atoms with E-state index in [2.05, 4.69) is 39.4 Å². The fraction of sp³-hybridized carbons (Fsp3) is 0.304. The summed E-state index contributed by atoms with van der Waals surface area (Å²) in [4.78, 5) is 14.8. The number of hydrogen-bond donors (Lipinski definition) is 1. The number of halogens is 1. The lowest BCUT2D eigenvalue weighted by Gasteiger charge is -2.27. The van der Waals surface area contributed by atoms with Crippen LogP contribution in [-0.2, 0) is 28.9 Å². The van der Waals surface area contributed by atoms with E-state index in [-0.39, 0.29) is 12.5 Å². The molecule has 0 atom stereocenters. The molecule has 1 aliphatic heterocycles. The van der Waals surface area contributed by atoms with E-state index in [0.717, 1.165) is 40.1 Å². The van der Waals surface area contributed by atoms with Crippen molar-refractivity contribution in [3.63, 3.8) is 0 Å². The summed E-state index contributed by atoms with van der Waals surface area (Å²) in [5.74, 6) is 0.980. The van der Waals surface area contributed by atoms with Gasteiger partial charge in [0, 0.05) is 34.4 Å². The third-order valence-corrected chi connectivity index (χ3v) is 6.25. The highest BCUT2D eigenvalue weighted by Gasteiger charge is 2.27. The number of anilines is 2. The van der Waals surface area contributed by atoms with Gasteiger partial charge in [0.25, 0.3) is 0 Å². The summed E-state index contributed by atoms with van der Waals surface area (Å²) in [5, 5.41) is 8.44. The Morgan fingerprint density at radius 1 is 1.07 bits per heavy atom. The van der Waals surface area contributed by atoms with Gasteiger partial charge in [0.2, 0.25) is 5.91 Å². The topological polar surface area (TPSA) is 59.4 Å². The Morgan fingerprint density at radius 3 is 2.63 bits per heavy atom. The number of rotatable bonds is 4. The predicted molar refractivity (Wildman–Crippen MR) is 120 cm³/mol. The highest BCUT2D eigenvalue weighted by molar-refractivity contribution is 9.10. The Bertz CT molecular complexity index is 1070. The SMILES string of the molecule is O=C(Cn1nc2c(c1Nc1ccc(Br)cc1)CCc1ccccc1-2)N1CCOCC1. The Hall–Kier alpha value is -2.64. The van der Waals surface area contributed by atoms with Crippen molar-refractivity contribution in [2.24, 2.45) is 0 Å². The largest absolute Gasteiger partial charge is 0.378 e. The molecule has 0 unspecified atom stereocenters. The van der Waals surface area contributed by atoms with Crippen molar-refractivity contribution in [1.29, 1.82) is 0 Å². The van der Waals surface area contributed by atoms with Crippen molar-refractivity contribution in [3.05, 3.63) is 64.1 Å². The summed E-state index contributed by atoms with van der Waals surface area (Å²) in [6, 6.07) is 16.5. The van der Waals surface area contributed by atoms with E-state index in [4.69, 9.17) is 9.84 Å². The monoisotopic (exact) mass is 466 g/mol. The van der Waals surface area contributed by atoms with Gasteiger partial charge in [-0.25, -0.2) is 4.68 Å². The molecule has 0 saturated carbocycles. The zero-order valence-electron chi connectivity index (χ0n) is 16.6. The maximum atomic E-state index is 13.0. The summed E-state index contributed by atoms with van der Waals surface area (Å²) in [5.41, 5.74) is 5.59. The molecule has 0 radical (unpaired) electrons. The van der Waals surface area contributed by atoms with Gasteiger partial charge in [-0.1, -0.05) is 40.2 Å². The second-order valence-corrected chi connectivity index (χ2v) is 8.53. The molecule has 3 aromatic rings. The summed E-state index contributed by atoms with van der Waals surface area (Å²) >= 11 is 3.49. The molecule has 1 fully saturated rings. The molecule has 154 valence electrons. The summed E-state index contributed by atoms with van der Waals surface area (Å²) < 4.78 is 8.25. The van der Waals surface area contributed by atoms with Crippen molar-refractivity contribution >= 4 is 33.3 Å². The Balaban J connectivity index is 1.52. The van der Waals surface area contributed by atoms with Crippen LogP contribution in [-0.4, -0.2) is 46.9 Å². The number of hydrogen-bond acceptors (Lipinski definition) is 4. The van der Waals surface area contributed by atoms with Gasteiger partial charge in [0.1, 0.15) is 12.4 Å². The normalized spacial score (nSPS) is 15.4. The number of nitrogens with one attached hydrogen (secondary N) is 1. The van der Waals surface area contributed by atoms with Gasteiger partial charge in [0.05, 0.1) is 18.9 Å². The third kappa shape index (κ3) is 3.75. The van der Waals surface area contributed by atoms with E-state index in [1.165, 1.54) is 11.1 Å². The highest BCUT2D eigenvalue weighted by atomic mass is 79.9. The van der Waals surface area contributed by atoms with E-state index in [9.17, 15) is 4.79 Å². The smallest absolute Gasteiger partial charge is 0.244 e. The lowest BCUT2D eigenvalue weighted by molar-refractivity contribution is -0.136. The summed E-state index contributed by atoms with van der Waals surface area (Å²) in [7, 11) is 0. The molecule has 1 saturated heterocycles. The van der Waals surface area contributed by atoms with Gasteiger partial charge in [-0.2, -0.15) is 5.10 Å². The first-order valence-corrected chi connectivity index (χ1v) is 11.0. The molecule has 1 aliphatic carbocycles. The second-order valence-electron chi connectivity index (χ2n) is 7.62. The molecule has 1 aromatic heterocycles. The van der Waals surface area contributed by atoms with Gasteiger partial charge in [-0.3, -0.25) is 4.79 Å². The van der Waals surface area contributed by atoms with Crippen LogP contribution in [0, 0.1) is 0 Å². The van der Waals surface area contributed by atoms with Crippen molar-refractivity contribution in [3.8, 4) is 11.3 Å². The molecule has 2 heterocycles. The quantitative estimate of drug-likeness (QED) is 0.630. The Kier molecular flexibility index (Phi) is 5.31. The second kappa shape index (κ2) is 8.24. The molecular formula is C23H23BrN4O2. The van der Waals surface area contributed by atoms with Gasteiger partial charge < -0.3 is 15.0 Å². The molecule has 0 bridgehead atoms. The van der Waals surface area contributed by atoms with Crippen molar-refractivity contribution < 1.29 is 9.53 Å². The van der Waals surface area contributed by atoms with E-state index in [0.29, 0.717) is 26.3 Å². The minimum absolute atomic E-state index is 0.0743. The van der Waals surface area contributed by atoms with Crippen LogP contribution in [0.15, 0.2) is 53.0 Å². The number of aromatic nitrogens is 2. The van der Waals surface area contributed by atoms with E-state index in [1.54, 1.807) is 0 Å². The third-order valence-electron chi connectivity index (χ3n) is 5.72. The van der Waals surface area contributed by atoms with Crippen molar-refractivity contribution in [2.75, 3.05) is 31.6 Å².